The van der Waals surface area contributed by atoms with Crippen LogP contribution in [-0.4, -0.2) is 10.1 Å². The molecule has 3 nitrogen and oxygen atoms in total. The van der Waals surface area contributed by atoms with Gasteiger partial charge < -0.3 is 10.1 Å². The third-order valence-electron chi connectivity index (χ3n) is 4.78. The van der Waals surface area contributed by atoms with E-state index in [1.807, 2.05) is 0 Å². The minimum atomic E-state index is -0.113. The zero-order valence-corrected chi connectivity index (χ0v) is 15.5. The molecule has 3 heteroatoms. The van der Waals surface area contributed by atoms with Crippen LogP contribution in [0.25, 0.3) is 0 Å². The lowest BCUT2D eigenvalue weighted by Crippen LogP contribution is -2.24. The lowest BCUT2D eigenvalue weighted by atomic mass is 9.82. The molecule has 0 spiro atoms. The Balaban J connectivity index is 2.76. The summed E-state index contributed by atoms with van der Waals surface area (Å²) in [7, 11) is 0. The number of nitrogens with one attached hydrogen (secondary N) is 1. The van der Waals surface area contributed by atoms with E-state index < -0.39 is 0 Å². The van der Waals surface area contributed by atoms with Crippen molar-refractivity contribution in [3.05, 3.63) is 27.7 Å². The summed E-state index contributed by atoms with van der Waals surface area (Å²) in [6.07, 6.45) is 11.0. The Morgan fingerprint density at radius 1 is 1.00 bits per heavy atom. The fourth-order valence-electron chi connectivity index (χ4n) is 3.04. The van der Waals surface area contributed by atoms with E-state index in [1.54, 1.807) is 6.07 Å². The standard InChI is InChI=1S/C20H35NO2/c1-5-7-9-11-13-16-17(22)15-18(21-19(16)23)20(3,4)14-12-10-8-6-2/h15H,5-14H2,1-4H3,(H2,21,22,23). The maximum atomic E-state index is 12.3. The Labute approximate surface area is 141 Å². The van der Waals surface area contributed by atoms with Crippen molar-refractivity contribution < 1.29 is 5.11 Å². The summed E-state index contributed by atoms with van der Waals surface area (Å²) < 4.78 is 0. The van der Waals surface area contributed by atoms with Crippen molar-refractivity contribution in [1.29, 1.82) is 0 Å². The first-order chi connectivity index (χ1) is 10.9. The van der Waals surface area contributed by atoms with Crippen molar-refractivity contribution in [3.63, 3.8) is 0 Å². The van der Waals surface area contributed by atoms with Gasteiger partial charge in [0.2, 0.25) is 0 Å². The predicted octanol–water partition coefficient (Wildman–Crippen LogP) is 5.45. The van der Waals surface area contributed by atoms with Crippen molar-refractivity contribution in [2.45, 2.75) is 97.3 Å². The number of H-pyrrole nitrogens is 1. The van der Waals surface area contributed by atoms with Gasteiger partial charge in [0.15, 0.2) is 0 Å². The van der Waals surface area contributed by atoms with Crippen molar-refractivity contribution in [3.8, 4) is 5.75 Å². The van der Waals surface area contributed by atoms with E-state index in [9.17, 15) is 9.90 Å². The molecule has 0 bridgehead atoms. The van der Waals surface area contributed by atoms with E-state index in [-0.39, 0.29) is 16.7 Å². The summed E-state index contributed by atoms with van der Waals surface area (Å²) in [6, 6.07) is 1.77. The molecule has 0 saturated heterocycles. The number of unbranched alkanes of at least 4 members (excludes halogenated alkanes) is 6. The predicted molar refractivity (Wildman–Crippen MR) is 98.4 cm³/mol. The molecule has 0 fully saturated rings. The van der Waals surface area contributed by atoms with Crippen LogP contribution in [-0.2, 0) is 11.8 Å². The number of aromatic amines is 1. The molecule has 0 atom stereocenters. The molecule has 0 aromatic carbocycles. The summed E-state index contributed by atoms with van der Waals surface area (Å²) >= 11 is 0. The lowest BCUT2D eigenvalue weighted by Gasteiger charge is -2.25. The van der Waals surface area contributed by atoms with Crippen LogP contribution in [0.3, 0.4) is 0 Å². The molecule has 1 heterocycles. The average molecular weight is 322 g/mol. The summed E-state index contributed by atoms with van der Waals surface area (Å²) in [5, 5.41) is 10.3. The SMILES string of the molecule is CCCCCCc1c(O)cc(C(C)(C)CCCCCC)[nH]c1=O. The molecule has 0 aliphatic heterocycles. The Hall–Kier alpha value is -1.25. The summed E-state index contributed by atoms with van der Waals surface area (Å²) in [6.45, 7) is 8.66. The smallest absolute Gasteiger partial charge is 0.255 e. The monoisotopic (exact) mass is 321 g/mol. The first-order valence-corrected chi connectivity index (χ1v) is 9.38. The van der Waals surface area contributed by atoms with Gasteiger partial charge in [-0.15, -0.1) is 0 Å². The van der Waals surface area contributed by atoms with Crippen LogP contribution >= 0.6 is 0 Å². The molecule has 0 aliphatic rings. The molecule has 1 aromatic heterocycles. The summed E-state index contributed by atoms with van der Waals surface area (Å²) in [5.41, 5.74) is 1.18. The Kier molecular flexibility index (Phi) is 8.43. The highest BCUT2D eigenvalue weighted by Crippen LogP contribution is 2.30. The maximum absolute atomic E-state index is 12.3. The van der Waals surface area contributed by atoms with Crippen molar-refractivity contribution in [2.24, 2.45) is 0 Å². The highest BCUT2D eigenvalue weighted by molar-refractivity contribution is 5.34. The average Bonchev–Trinajstić information content (AvgIpc) is 2.50. The van der Waals surface area contributed by atoms with Crippen LogP contribution in [0.15, 0.2) is 10.9 Å². The summed E-state index contributed by atoms with van der Waals surface area (Å²) in [5.74, 6) is 0.168. The van der Waals surface area contributed by atoms with Gasteiger partial charge in [-0.25, -0.2) is 0 Å². The minimum absolute atomic E-state index is 0.106. The van der Waals surface area contributed by atoms with E-state index in [2.05, 4.69) is 32.7 Å². The molecule has 23 heavy (non-hydrogen) atoms. The Morgan fingerprint density at radius 2 is 1.61 bits per heavy atom. The fraction of sp³-hybridized carbons (Fsp3) is 0.750. The van der Waals surface area contributed by atoms with Crippen molar-refractivity contribution in [2.75, 3.05) is 0 Å². The van der Waals surface area contributed by atoms with E-state index >= 15 is 0 Å². The van der Waals surface area contributed by atoms with E-state index in [0.29, 0.717) is 12.0 Å². The van der Waals surface area contributed by atoms with Crippen molar-refractivity contribution in [1.82, 2.24) is 4.98 Å². The summed E-state index contributed by atoms with van der Waals surface area (Å²) in [4.78, 5) is 15.4. The molecular weight excluding hydrogens is 286 g/mol. The Bertz CT molecular complexity index is 517. The van der Waals surface area contributed by atoms with E-state index in [0.717, 1.165) is 31.4 Å². The molecule has 132 valence electrons. The third-order valence-corrected chi connectivity index (χ3v) is 4.78. The van der Waals surface area contributed by atoms with Crippen LogP contribution in [0, 0.1) is 0 Å². The van der Waals surface area contributed by atoms with Gasteiger partial charge in [-0.1, -0.05) is 72.6 Å². The van der Waals surface area contributed by atoms with Gasteiger partial charge in [-0.2, -0.15) is 0 Å². The van der Waals surface area contributed by atoms with E-state index in [4.69, 9.17) is 0 Å². The zero-order valence-electron chi connectivity index (χ0n) is 15.5. The molecule has 0 unspecified atom stereocenters. The molecule has 1 rings (SSSR count). The fourth-order valence-corrected chi connectivity index (χ4v) is 3.04. The normalized spacial score (nSPS) is 11.8. The highest BCUT2D eigenvalue weighted by atomic mass is 16.3. The number of hydrogen-bond donors (Lipinski definition) is 2. The number of aromatic nitrogens is 1. The van der Waals surface area contributed by atoms with Crippen LogP contribution in [0.1, 0.15) is 96.7 Å². The molecule has 0 radical (unpaired) electrons. The number of hydrogen-bond acceptors (Lipinski definition) is 2. The second kappa shape index (κ2) is 9.79. The second-order valence-electron chi connectivity index (χ2n) is 7.38. The third kappa shape index (κ3) is 6.40. The number of aromatic hydroxyl groups is 1. The van der Waals surface area contributed by atoms with Gasteiger partial charge in [0.25, 0.3) is 5.56 Å². The van der Waals surface area contributed by atoms with Crippen molar-refractivity contribution >= 4 is 0 Å². The molecule has 0 aliphatic carbocycles. The minimum Gasteiger partial charge on any atom is -0.507 e. The van der Waals surface area contributed by atoms with Gasteiger partial charge in [-0.05, 0) is 19.3 Å². The van der Waals surface area contributed by atoms with Crippen LogP contribution in [0.2, 0.25) is 0 Å². The topological polar surface area (TPSA) is 53.1 Å². The zero-order chi connectivity index (χ0) is 17.3. The van der Waals surface area contributed by atoms with E-state index in [1.165, 1.54) is 32.1 Å². The molecule has 0 saturated carbocycles. The molecule has 1 aromatic rings. The van der Waals surface area contributed by atoms with Crippen LogP contribution < -0.4 is 5.56 Å². The molecular formula is C20H35NO2. The number of pyridine rings is 1. The lowest BCUT2D eigenvalue weighted by molar-refractivity contribution is 0.422. The largest absolute Gasteiger partial charge is 0.507 e. The van der Waals surface area contributed by atoms with Gasteiger partial charge in [-0.3, -0.25) is 4.79 Å². The maximum Gasteiger partial charge on any atom is 0.255 e. The first kappa shape index (κ1) is 19.8. The quantitative estimate of drug-likeness (QED) is 0.532. The van der Waals surface area contributed by atoms with Crippen LogP contribution in [0.4, 0.5) is 0 Å². The van der Waals surface area contributed by atoms with Gasteiger partial charge in [0.05, 0.1) is 5.56 Å². The van der Waals surface area contributed by atoms with Gasteiger partial charge >= 0.3 is 0 Å². The molecule has 2 N–H and O–H groups in total. The van der Waals surface area contributed by atoms with Crippen LogP contribution in [0.5, 0.6) is 5.75 Å². The van der Waals surface area contributed by atoms with Gasteiger partial charge in [0.1, 0.15) is 5.75 Å². The molecule has 0 amide bonds. The second-order valence-corrected chi connectivity index (χ2v) is 7.38. The van der Waals surface area contributed by atoms with Gasteiger partial charge in [0, 0.05) is 17.2 Å². The number of rotatable bonds is 11. The highest BCUT2D eigenvalue weighted by Gasteiger charge is 2.23. The first-order valence-electron chi connectivity index (χ1n) is 9.38. The Morgan fingerprint density at radius 3 is 2.17 bits per heavy atom.